The fourth-order valence-electron chi connectivity index (χ4n) is 3.73. The maximum Gasteiger partial charge on any atom is 0.227 e. The highest BCUT2D eigenvalue weighted by Crippen LogP contribution is 2.31. The molecular weight excluding hydrogens is 324 g/mol. The Balaban J connectivity index is 1.73. The Morgan fingerprint density at radius 1 is 1.12 bits per heavy atom. The Morgan fingerprint density at radius 3 is 2.58 bits per heavy atom. The molecule has 4 nitrogen and oxygen atoms in total. The molecule has 1 aliphatic rings. The van der Waals surface area contributed by atoms with Crippen molar-refractivity contribution in [3.05, 3.63) is 65.2 Å². The SMILES string of the molecule is CN(C)Cc1ccc(C2CCCCN2C(=O)Cc2cccc(O)c2)cc1. The third-order valence-corrected chi connectivity index (χ3v) is 4.95. The molecular formula is C22H28N2O2. The van der Waals surface area contributed by atoms with Crippen molar-refractivity contribution >= 4 is 5.91 Å². The summed E-state index contributed by atoms with van der Waals surface area (Å²) in [6, 6.07) is 15.8. The molecule has 0 bridgehead atoms. The highest BCUT2D eigenvalue weighted by Gasteiger charge is 2.27. The van der Waals surface area contributed by atoms with Crippen molar-refractivity contribution in [2.24, 2.45) is 0 Å². The molecule has 1 amide bonds. The van der Waals surface area contributed by atoms with Gasteiger partial charge in [0.25, 0.3) is 0 Å². The summed E-state index contributed by atoms with van der Waals surface area (Å²) < 4.78 is 0. The lowest BCUT2D eigenvalue weighted by Crippen LogP contribution is -2.39. The number of aromatic hydroxyl groups is 1. The molecule has 3 rings (SSSR count). The molecule has 2 aromatic rings. The maximum absolute atomic E-state index is 12.9. The van der Waals surface area contributed by atoms with Gasteiger partial charge in [-0.3, -0.25) is 4.79 Å². The molecule has 1 N–H and O–H groups in total. The van der Waals surface area contributed by atoms with E-state index in [9.17, 15) is 9.90 Å². The van der Waals surface area contributed by atoms with Crippen LogP contribution >= 0.6 is 0 Å². The van der Waals surface area contributed by atoms with Gasteiger partial charge in [0.2, 0.25) is 5.91 Å². The number of hydrogen-bond donors (Lipinski definition) is 1. The smallest absolute Gasteiger partial charge is 0.227 e. The Hall–Kier alpha value is -2.33. The molecule has 1 atom stereocenters. The molecule has 1 aliphatic heterocycles. The highest BCUT2D eigenvalue weighted by molar-refractivity contribution is 5.79. The molecule has 1 fully saturated rings. The summed E-state index contributed by atoms with van der Waals surface area (Å²) in [5.74, 6) is 0.347. The predicted octanol–water partition coefficient (Wildman–Crippen LogP) is 3.75. The van der Waals surface area contributed by atoms with Gasteiger partial charge in [0, 0.05) is 13.1 Å². The number of carbonyl (C=O) groups excluding carboxylic acids is 1. The van der Waals surface area contributed by atoms with Crippen molar-refractivity contribution in [2.45, 2.75) is 38.3 Å². The van der Waals surface area contributed by atoms with Gasteiger partial charge in [0.1, 0.15) is 5.75 Å². The van der Waals surface area contributed by atoms with Crippen LogP contribution in [0.15, 0.2) is 48.5 Å². The van der Waals surface area contributed by atoms with E-state index in [1.54, 1.807) is 18.2 Å². The first-order chi connectivity index (χ1) is 12.5. The number of benzene rings is 2. The van der Waals surface area contributed by atoms with Gasteiger partial charge in [-0.05, 0) is 62.2 Å². The molecule has 138 valence electrons. The van der Waals surface area contributed by atoms with Crippen LogP contribution in [-0.2, 0) is 17.8 Å². The number of hydrogen-bond acceptors (Lipinski definition) is 3. The quantitative estimate of drug-likeness (QED) is 0.891. The molecule has 0 saturated carbocycles. The van der Waals surface area contributed by atoms with Gasteiger partial charge < -0.3 is 14.9 Å². The summed E-state index contributed by atoms with van der Waals surface area (Å²) >= 11 is 0. The standard InChI is InChI=1S/C22H28N2O2/c1-23(2)16-17-9-11-19(12-10-17)21-8-3-4-13-24(21)22(26)15-18-6-5-7-20(25)14-18/h5-7,9-12,14,21,25H,3-4,8,13,15-16H2,1-2H3. The average molecular weight is 352 g/mol. The van der Waals surface area contributed by atoms with Crippen LogP contribution in [0.1, 0.15) is 42.0 Å². The molecule has 2 aromatic carbocycles. The number of amides is 1. The second-order valence-corrected chi connectivity index (χ2v) is 7.42. The van der Waals surface area contributed by atoms with E-state index in [1.807, 2.05) is 11.0 Å². The molecule has 4 heteroatoms. The Kier molecular flexibility index (Phi) is 5.94. The first-order valence-electron chi connectivity index (χ1n) is 9.34. The van der Waals surface area contributed by atoms with E-state index in [4.69, 9.17) is 0 Å². The third kappa shape index (κ3) is 4.64. The Morgan fingerprint density at radius 2 is 1.88 bits per heavy atom. The van der Waals surface area contributed by atoms with Gasteiger partial charge in [0.05, 0.1) is 12.5 Å². The number of rotatable bonds is 5. The lowest BCUT2D eigenvalue weighted by molar-refractivity contribution is -0.134. The third-order valence-electron chi connectivity index (χ3n) is 4.95. The van der Waals surface area contributed by atoms with E-state index in [-0.39, 0.29) is 17.7 Å². The molecule has 26 heavy (non-hydrogen) atoms. The average Bonchev–Trinajstić information content (AvgIpc) is 2.62. The monoisotopic (exact) mass is 352 g/mol. The van der Waals surface area contributed by atoms with Crippen molar-refractivity contribution in [3.8, 4) is 5.75 Å². The van der Waals surface area contributed by atoms with Gasteiger partial charge in [0.15, 0.2) is 0 Å². The number of phenolic OH excluding ortho intramolecular Hbond substituents is 1. The minimum Gasteiger partial charge on any atom is -0.508 e. The largest absolute Gasteiger partial charge is 0.508 e. The summed E-state index contributed by atoms with van der Waals surface area (Å²) in [5.41, 5.74) is 3.37. The molecule has 1 unspecified atom stereocenters. The molecule has 1 heterocycles. The lowest BCUT2D eigenvalue weighted by atomic mass is 9.93. The lowest BCUT2D eigenvalue weighted by Gasteiger charge is -2.36. The number of piperidine rings is 1. The van der Waals surface area contributed by atoms with Crippen LogP contribution in [0.5, 0.6) is 5.75 Å². The fourth-order valence-corrected chi connectivity index (χ4v) is 3.73. The van der Waals surface area contributed by atoms with E-state index < -0.39 is 0 Å². The second kappa shape index (κ2) is 8.37. The molecule has 0 aromatic heterocycles. The minimum absolute atomic E-state index is 0.137. The Bertz CT molecular complexity index is 740. The van der Waals surface area contributed by atoms with E-state index in [2.05, 4.69) is 43.3 Å². The zero-order chi connectivity index (χ0) is 18.5. The summed E-state index contributed by atoms with van der Waals surface area (Å²) in [6.45, 7) is 1.73. The van der Waals surface area contributed by atoms with E-state index in [0.717, 1.165) is 37.9 Å². The normalized spacial score (nSPS) is 17.5. The van der Waals surface area contributed by atoms with Crippen LogP contribution in [0.25, 0.3) is 0 Å². The number of carbonyl (C=O) groups is 1. The van der Waals surface area contributed by atoms with Crippen molar-refractivity contribution in [2.75, 3.05) is 20.6 Å². The zero-order valence-corrected chi connectivity index (χ0v) is 15.7. The van der Waals surface area contributed by atoms with Crippen molar-refractivity contribution in [1.82, 2.24) is 9.80 Å². The number of phenols is 1. The summed E-state index contributed by atoms with van der Waals surface area (Å²) in [4.78, 5) is 17.1. The molecule has 0 radical (unpaired) electrons. The van der Waals surface area contributed by atoms with Crippen LogP contribution in [0.4, 0.5) is 0 Å². The van der Waals surface area contributed by atoms with Crippen molar-refractivity contribution < 1.29 is 9.90 Å². The van der Waals surface area contributed by atoms with E-state index in [0.29, 0.717) is 6.42 Å². The summed E-state index contributed by atoms with van der Waals surface area (Å²) in [7, 11) is 4.13. The molecule has 0 spiro atoms. The predicted molar refractivity (Wildman–Crippen MR) is 104 cm³/mol. The highest BCUT2D eigenvalue weighted by atomic mass is 16.3. The van der Waals surface area contributed by atoms with Crippen LogP contribution in [0.2, 0.25) is 0 Å². The summed E-state index contributed by atoms with van der Waals surface area (Å²) in [5, 5.41) is 9.63. The summed E-state index contributed by atoms with van der Waals surface area (Å²) in [6.07, 6.45) is 3.56. The van der Waals surface area contributed by atoms with Gasteiger partial charge >= 0.3 is 0 Å². The van der Waals surface area contributed by atoms with Crippen LogP contribution in [0, 0.1) is 0 Å². The van der Waals surface area contributed by atoms with Crippen LogP contribution in [-0.4, -0.2) is 41.5 Å². The fraction of sp³-hybridized carbons (Fsp3) is 0.409. The topological polar surface area (TPSA) is 43.8 Å². The Labute approximate surface area is 156 Å². The number of likely N-dealkylation sites (tertiary alicyclic amines) is 1. The number of nitrogens with zero attached hydrogens (tertiary/aromatic N) is 2. The van der Waals surface area contributed by atoms with Crippen LogP contribution in [0.3, 0.4) is 0 Å². The van der Waals surface area contributed by atoms with E-state index in [1.165, 1.54) is 11.1 Å². The first kappa shape index (κ1) is 18.5. The minimum atomic E-state index is 0.137. The van der Waals surface area contributed by atoms with Crippen LogP contribution < -0.4 is 0 Å². The first-order valence-corrected chi connectivity index (χ1v) is 9.34. The van der Waals surface area contributed by atoms with Gasteiger partial charge in [-0.15, -0.1) is 0 Å². The van der Waals surface area contributed by atoms with E-state index >= 15 is 0 Å². The van der Waals surface area contributed by atoms with Gasteiger partial charge in [-0.1, -0.05) is 36.4 Å². The van der Waals surface area contributed by atoms with Crippen molar-refractivity contribution in [1.29, 1.82) is 0 Å². The van der Waals surface area contributed by atoms with Gasteiger partial charge in [-0.2, -0.15) is 0 Å². The second-order valence-electron chi connectivity index (χ2n) is 7.42. The van der Waals surface area contributed by atoms with Gasteiger partial charge in [-0.25, -0.2) is 0 Å². The molecule has 1 saturated heterocycles. The zero-order valence-electron chi connectivity index (χ0n) is 15.7. The van der Waals surface area contributed by atoms with Crippen molar-refractivity contribution in [3.63, 3.8) is 0 Å². The maximum atomic E-state index is 12.9. The molecule has 0 aliphatic carbocycles.